The van der Waals surface area contributed by atoms with Gasteiger partial charge in [0.1, 0.15) is 17.2 Å². The fourth-order valence-corrected chi connectivity index (χ4v) is 7.34. The Balaban J connectivity index is 2.02. The number of hydrogen-bond donors (Lipinski definition) is 2. The molecule has 0 heterocycles. The number of nitrogens with zero attached hydrogens (tertiary/aromatic N) is 1. The molecular weight excluding hydrogens is 515 g/mol. The lowest BCUT2D eigenvalue weighted by molar-refractivity contribution is -0.384. The number of halogens is 1. The molecule has 0 saturated carbocycles. The van der Waals surface area contributed by atoms with Gasteiger partial charge in [-0.3, -0.25) is 10.1 Å². The first-order valence-electron chi connectivity index (χ1n) is 10.5. The second-order valence-corrected chi connectivity index (χ2v) is 11.6. The van der Waals surface area contributed by atoms with E-state index in [9.17, 15) is 15.2 Å². The summed E-state index contributed by atoms with van der Waals surface area (Å²) in [6, 6.07) is 27.7. The molecule has 4 aromatic rings. The first kappa shape index (κ1) is 23.7. The second-order valence-electron chi connectivity index (χ2n) is 7.86. The van der Waals surface area contributed by atoms with Gasteiger partial charge < -0.3 is 15.0 Å². The molecule has 0 radical (unpaired) electrons. The number of phenols is 1. The number of aryl methyl sites for hydroxylation is 1. The third-order valence-electron chi connectivity index (χ3n) is 5.57. The zero-order chi connectivity index (χ0) is 24.3. The maximum atomic E-state index is 15.2. The third-order valence-corrected chi connectivity index (χ3v) is 9.33. The van der Waals surface area contributed by atoms with Gasteiger partial charge >= 0.3 is 0 Å². The maximum absolute atomic E-state index is 15.2. The zero-order valence-corrected chi connectivity index (χ0v) is 20.7. The van der Waals surface area contributed by atoms with Crippen molar-refractivity contribution in [1.29, 1.82) is 0 Å². The lowest BCUT2D eigenvalue weighted by Gasteiger charge is -2.31. The van der Waals surface area contributed by atoms with Crippen molar-refractivity contribution in [3.8, 4) is 5.75 Å². The number of benzene rings is 4. The monoisotopic (exact) mass is 536 g/mol. The molecule has 0 amide bonds. The average molecular weight is 537 g/mol. The molecule has 2 N–H and O–H groups in total. The molecule has 8 heteroatoms. The fourth-order valence-electron chi connectivity index (χ4n) is 3.92. The van der Waals surface area contributed by atoms with E-state index >= 15 is 4.57 Å². The van der Waals surface area contributed by atoms with Gasteiger partial charge in [-0.25, -0.2) is 0 Å². The number of rotatable bonds is 7. The maximum Gasteiger partial charge on any atom is 0.292 e. The lowest BCUT2D eigenvalue weighted by atomic mass is 10.1. The lowest BCUT2D eigenvalue weighted by Crippen LogP contribution is -2.26. The summed E-state index contributed by atoms with van der Waals surface area (Å²) in [5.74, 6) is -1.06. The number of aromatic hydroxyl groups is 1. The average Bonchev–Trinajstić information content (AvgIpc) is 2.85. The molecule has 0 fully saturated rings. The fraction of sp³-hybridized carbons (Fsp3) is 0.0769. The summed E-state index contributed by atoms with van der Waals surface area (Å²) in [7, 11) is -3.54. The molecule has 6 nitrogen and oxygen atoms in total. The van der Waals surface area contributed by atoms with Crippen molar-refractivity contribution in [3.05, 3.63) is 123 Å². The molecule has 1 unspecified atom stereocenters. The highest BCUT2D eigenvalue weighted by atomic mass is 79.9. The molecule has 0 spiro atoms. The van der Waals surface area contributed by atoms with E-state index in [0.717, 1.165) is 5.56 Å². The van der Waals surface area contributed by atoms with Crippen LogP contribution in [0, 0.1) is 17.0 Å². The standard InChI is InChI=1S/C26H22BrN2O4P/c1-18-12-14-23(24(16-18)29(31)32)28-26(22-17-19(27)13-15-25(22)30)34(33,20-8-4-2-5-9-20)21-10-6-3-7-11-21/h2-17,26,28,30H,1H3. The minimum absolute atomic E-state index is 0.0671. The molecule has 0 aliphatic rings. The molecule has 34 heavy (non-hydrogen) atoms. The number of nitro groups is 1. The van der Waals surface area contributed by atoms with Gasteiger partial charge in [-0.2, -0.15) is 0 Å². The van der Waals surface area contributed by atoms with Crippen LogP contribution in [0.25, 0.3) is 0 Å². The van der Waals surface area contributed by atoms with E-state index in [2.05, 4.69) is 21.2 Å². The second kappa shape index (κ2) is 9.84. The van der Waals surface area contributed by atoms with Gasteiger partial charge in [-0.05, 0) is 36.8 Å². The molecule has 1 atom stereocenters. The van der Waals surface area contributed by atoms with Crippen molar-refractivity contribution in [2.75, 3.05) is 5.32 Å². The smallest absolute Gasteiger partial charge is 0.292 e. The van der Waals surface area contributed by atoms with E-state index in [-0.39, 0.29) is 17.1 Å². The predicted octanol–water partition coefficient (Wildman–Crippen LogP) is 6.50. The van der Waals surface area contributed by atoms with Crippen molar-refractivity contribution in [1.82, 2.24) is 0 Å². The van der Waals surface area contributed by atoms with E-state index < -0.39 is 17.8 Å². The van der Waals surface area contributed by atoms with Gasteiger partial charge in [0.05, 0.1) is 4.92 Å². The highest BCUT2D eigenvalue weighted by Crippen LogP contribution is 2.59. The van der Waals surface area contributed by atoms with Crippen LogP contribution in [0.5, 0.6) is 5.75 Å². The zero-order valence-electron chi connectivity index (χ0n) is 18.3. The first-order valence-corrected chi connectivity index (χ1v) is 13.1. The Hall–Kier alpha value is -3.41. The van der Waals surface area contributed by atoms with E-state index in [1.165, 1.54) is 12.1 Å². The molecule has 4 rings (SSSR count). The van der Waals surface area contributed by atoms with Crippen LogP contribution in [0.4, 0.5) is 11.4 Å². The molecule has 0 bridgehead atoms. The van der Waals surface area contributed by atoms with Gasteiger partial charge in [0, 0.05) is 26.7 Å². The Morgan fingerprint density at radius 3 is 2.06 bits per heavy atom. The van der Waals surface area contributed by atoms with Crippen LogP contribution in [-0.2, 0) is 4.57 Å². The van der Waals surface area contributed by atoms with Gasteiger partial charge in [-0.1, -0.05) is 82.7 Å². The first-order chi connectivity index (χ1) is 16.3. The number of anilines is 1. The van der Waals surface area contributed by atoms with Gasteiger partial charge in [0.15, 0.2) is 7.14 Å². The molecule has 172 valence electrons. The Bertz CT molecular complexity index is 1340. The molecule has 0 aromatic heterocycles. The van der Waals surface area contributed by atoms with Crippen LogP contribution in [0.2, 0.25) is 0 Å². The minimum Gasteiger partial charge on any atom is -0.508 e. The number of nitrogens with one attached hydrogen (secondary N) is 1. The van der Waals surface area contributed by atoms with E-state index in [1.807, 2.05) is 12.1 Å². The van der Waals surface area contributed by atoms with Crippen LogP contribution in [0.15, 0.2) is 102 Å². The molecule has 0 saturated heterocycles. The summed E-state index contributed by atoms with van der Waals surface area (Å²) in [5, 5.41) is 27.0. The van der Waals surface area contributed by atoms with E-state index in [1.54, 1.807) is 79.7 Å². The van der Waals surface area contributed by atoms with Crippen LogP contribution in [0.1, 0.15) is 16.9 Å². The third kappa shape index (κ3) is 4.63. The Morgan fingerprint density at radius 2 is 1.50 bits per heavy atom. The highest BCUT2D eigenvalue weighted by Gasteiger charge is 2.40. The van der Waals surface area contributed by atoms with Crippen molar-refractivity contribution in [2.24, 2.45) is 0 Å². The van der Waals surface area contributed by atoms with Crippen molar-refractivity contribution < 1.29 is 14.6 Å². The van der Waals surface area contributed by atoms with Crippen LogP contribution in [-0.4, -0.2) is 10.0 Å². The van der Waals surface area contributed by atoms with Crippen molar-refractivity contribution in [3.63, 3.8) is 0 Å². The summed E-state index contributed by atoms with van der Waals surface area (Å²) in [4.78, 5) is 11.4. The largest absolute Gasteiger partial charge is 0.508 e. The summed E-state index contributed by atoms with van der Waals surface area (Å²) in [6.45, 7) is 1.77. The van der Waals surface area contributed by atoms with Gasteiger partial charge in [0.25, 0.3) is 5.69 Å². The van der Waals surface area contributed by atoms with E-state index in [4.69, 9.17) is 0 Å². The molecule has 0 aliphatic carbocycles. The SMILES string of the molecule is Cc1ccc(NC(c2cc(Br)ccc2O)P(=O)(c2ccccc2)c2ccccc2)c([N+](=O)[O-])c1. The summed E-state index contributed by atoms with van der Waals surface area (Å²) >= 11 is 3.44. The summed E-state index contributed by atoms with van der Waals surface area (Å²) < 4.78 is 15.9. The number of phenolic OH excluding ortho intramolecular Hbond substituents is 1. The minimum atomic E-state index is -3.54. The molecular formula is C26H22BrN2O4P. The van der Waals surface area contributed by atoms with Crippen molar-refractivity contribution in [2.45, 2.75) is 12.7 Å². The van der Waals surface area contributed by atoms with Crippen LogP contribution >= 0.6 is 23.1 Å². The quantitative estimate of drug-likeness (QED) is 0.160. The van der Waals surface area contributed by atoms with Crippen molar-refractivity contribution >= 4 is 45.1 Å². The summed E-state index contributed by atoms with van der Waals surface area (Å²) in [6.07, 6.45) is 0. The van der Waals surface area contributed by atoms with E-state index in [0.29, 0.717) is 20.6 Å². The van der Waals surface area contributed by atoms with Gasteiger partial charge in [-0.15, -0.1) is 0 Å². The van der Waals surface area contributed by atoms with Crippen LogP contribution in [0.3, 0.4) is 0 Å². The topological polar surface area (TPSA) is 92.5 Å². The summed E-state index contributed by atoms with van der Waals surface area (Å²) in [5.41, 5.74) is 1.17. The number of nitro benzene ring substituents is 1. The predicted molar refractivity (Wildman–Crippen MR) is 140 cm³/mol. The Morgan fingerprint density at radius 1 is 0.912 bits per heavy atom. The Labute approximate surface area is 205 Å². The number of hydrogen-bond acceptors (Lipinski definition) is 5. The van der Waals surface area contributed by atoms with Crippen LogP contribution < -0.4 is 15.9 Å². The van der Waals surface area contributed by atoms with Gasteiger partial charge in [0.2, 0.25) is 0 Å². The molecule has 0 aliphatic heterocycles. The Kier molecular flexibility index (Phi) is 6.87. The molecule has 4 aromatic carbocycles. The normalized spacial score (nSPS) is 12.2. The highest BCUT2D eigenvalue weighted by molar-refractivity contribution is 9.10.